The minimum atomic E-state index is -0.341. The minimum absolute atomic E-state index is 0.341. The Hall–Kier alpha value is -2.03. The number of rotatable bonds is 0. The predicted octanol–water partition coefficient (Wildman–Crippen LogP) is 2.88. The third-order valence-corrected chi connectivity index (χ3v) is 1.82. The van der Waals surface area contributed by atoms with E-state index in [4.69, 9.17) is 0 Å². The highest BCUT2D eigenvalue weighted by Crippen LogP contribution is 2.21. The molecule has 0 aromatic heterocycles. The van der Waals surface area contributed by atoms with Gasteiger partial charge in [0.05, 0.1) is 5.69 Å². The third-order valence-electron chi connectivity index (χ3n) is 1.82. The van der Waals surface area contributed by atoms with Gasteiger partial charge in [-0.05, 0) is 6.07 Å². The van der Waals surface area contributed by atoms with Gasteiger partial charge in [-0.15, -0.1) is 10.2 Å². The molecule has 68 valence electrons. The molecule has 0 radical (unpaired) electrons. The van der Waals surface area contributed by atoms with Crippen molar-refractivity contribution < 1.29 is 4.79 Å². The van der Waals surface area contributed by atoms with Crippen LogP contribution in [0.3, 0.4) is 0 Å². The number of nitrogens with zero attached hydrogens (tertiary/aromatic N) is 2. The van der Waals surface area contributed by atoms with E-state index < -0.39 is 0 Å². The van der Waals surface area contributed by atoms with E-state index in [0.29, 0.717) is 5.69 Å². The van der Waals surface area contributed by atoms with Gasteiger partial charge in [0.15, 0.2) is 0 Å². The Bertz CT molecular complexity index is 444. The van der Waals surface area contributed by atoms with Gasteiger partial charge in [-0.3, -0.25) is 4.79 Å². The highest BCUT2D eigenvalue weighted by Gasteiger charge is 1.98. The van der Waals surface area contributed by atoms with Crippen LogP contribution in [0.25, 0.3) is 6.08 Å². The van der Waals surface area contributed by atoms with Gasteiger partial charge in [-0.2, -0.15) is 0 Å². The fraction of sp³-hybridized carbons (Fsp3) is 0. The van der Waals surface area contributed by atoms with Crippen LogP contribution in [0.2, 0.25) is 0 Å². The van der Waals surface area contributed by atoms with Gasteiger partial charge in [0.25, 0.3) is 5.91 Å². The lowest BCUT2D eigenvalue weighted by molar-refractivity contribution is -0.113. The maximum Gasteiger partial charge on any atom is 0.288 e. The van der Waals surface area contributed by atoms with E-state index >= 15 is 0 Å². The van der Waals surface area contributed by atoms with Crippen LogP contribution in [0.4, 0.5) is 5.69 Å². The van der Waals surface area contributed by atoms with Crippen LogP contribution in [0.1, 0.15) is 5.56 Å². The van der Waals surface area contributed by atoms with E-state index in [1.165, 1.54) is 6.08 Å². The first-order valence-electron chi connectivity index (χ1n) is 4.26. The molecule has 0 fully saturated rings. The summed E-state index contributed by atoms with van der Waals surface area (Å²) in [6.45, 7) is 0. The van der Waals surface area contributed by atoms with Crippen molar-refractivity contribution in [3.8, 4) is 0 Å². The molecular formula is C11H8N2O. The van der Waals surface area contributed by atoms with Gasteiger partial charge in [0, 0.05) is 11.6 Å². The van der Waals surface area contributed by atoms with Gasteiger partial charge in [0.1, 0.15) is 0 Å². The van der Waals surface area contributed by atoms with Crippen molar-refractivity contribution in [2.75, 3.05) is 0 Å². The van der Waals surface area contributed by atoms with Crippen LogP contribution < -0.4 is 0 Å². The highest BCUT2D eigenvalue weighted by atomic mass is 16.1. The summed E-state index contributed by atoms with van der Waals surface area (Å²) >= 11 is 0. The van der Waals surface area contributed by atoms with Crippen molar-refractivity contribution in [2.45, 2.75) is 0 Å². The molecule has 1 aromatic carbocycles. The quantitative estimate of drug-likeness (QED) is 0.611. The van der Waals surface area contributed by atoms with Crippen LogP contribution >= 0.6 is 0 Å². The van der Waals surface area contributed by atoms with Gasteiger partial charge in [-0.25, -0.2) is 0 Å². The molecular weight excluding hydrogens is 176 g/mol. The van der Waals surface area contributed by atoms with Gasteiger partial charge in [-0.1, -0.05) is 36.4 Å². The van der Waals surface area contributed by atoms with Crippen LogP contribution in [0.15, 0.2) is 52.7 Å². The molecule has 0 atom stereocenters. The Morgan fingerprint density at radius 3 is 2.64 bits per heavy atom. The van der Waals surface area contributed by atoms with Crippen molar-refractivity contribution in [1.29, 1.82) is 0 Å². The second-order valence-corrected chi connectivity index (χ2v) is 2.82. The lowest BCUT2D eigenvalue weighted by Gasteiger charge is -1.96. The van der Waals surface area contributed by atoms with E-state index in [9.17, 15) is 4.79 Å². The summed E-state index contributed by atoms with van der Waals surface area (Å²) < 4.78 is 0. The standard InChI is InChI=1S/C11H8N2O/c14-11-8-4-2-6-9-5-1-3-7-10(9)12-13-11/h1-8H/b6-2-,8-4-,13-12?. The number of carbonyl (C=O) groups is 1. The van der Waals surface area contributed by atoms with Gasteiger partial charge in [0.2, 0.25) is 0 Å². The molecule has 3 heteroatoms. The average molecular weight is 184 g/mol. The van der Waals surface area contributed by atoms with Crippen molar-refractivity contribution in [1.82, 2.24) is 0 Å². The number of fused-ring (bicyclic) bond motifs is 1. The fourth-order valence-corrected chi connectivity index (χ4v) is 1.15. The summed E-state index contributed by atoms with van der Waals surface area (Å²) in [5, 5.41) is 7.40. The number of benzene rings is 1. The molecule has 0 bridgehead atoms. The number of azo groups is 1. The zero-order valence-electron chi connectivity index (χ0n) is 7.42. The van der Waals surface area contributed by atoms with Crippen LogP contribution in [-0.2, 0) is 4.79 Å². The smallest absolute Gasteiger partial charge is 0.266 e. The van der Waals surface area contributed by atoms with Crippen molar-refractivity contribution in [3.63, 3.8) is 0 Å². The molecule has 14 heavy (non-hydrogen) atoms. The SMILES string of the molecule is O=C1/C=C\C=C/c2ccccc2N=N1. The van der Waals surface area contributed by atoms with Crippen molar-refractivity contribution in [2.24, 2.45) is 10.2 Å². The van der Waals surface area contributed by atoms with Crippen LogP contribution in [-0.4, -0.2) is 5.91 Å². The van der Waals surface area contributed by atoms with Crippen molar-refractivity contribution in [3.05, 3.63) is 48.1 Å². The first-order chi connectivity index (χ1) is 6.86. The normalized spacial score (nSPS) is 19.0. The van der Waals surface area contributed by atoms with E-state index in [1.54, 1.807) is 12.2 Å². The molecule has 1 aromatic rings. The maximum absolute atomic E-state index is 11.0. The molecule has 2 rings (SSSR count). The van der Waals surface area contributed by atoms with Crippen LogP contribution in [0, 0.1) is 0 Å². The van der Waals surface area contributed by atoms with Crippen molar-refractivity contribution >= 4 is 17.7 Å². The summed E-state index contributed by atoms with van der Waals surface area (Å²) in [5.74, 6) is -0.341. The molecule has 1 heterocycles. The Morgan fingerprint density at radius 1 is 0.929 bits per heavy atom. The topological polar surface area (TPSA) is 41.8 Å². The number of hydrogen-bond acceptors (Lipinski definition) is 2. The highest BCUT2D eigenvalue weighted by molar-refractivity contribution is 5.88. The predicted molar refractivity (Wildman–Crippen MR) is 54.1 cm³/mol. The Balaban J connectivity index is 2.52. The average Bonchev–Trinajstić information content (AvgIpc) is 2.30. The second-order valence-electron chi connectivity index (χ2n) is 2.82. The molecule has 1 aliphatic rings. The lowest BCUT2D eigenvalue weighted by Crippen LogP contribution is -1.82. The Labute approximate surface area is 81.5 Å². The molecule has 0 unspecified atom stereocenters. The fourth-order valence-electron chi connectivity index (χ4n) is 1.15. The largest absolute Gasteiger partial charge is 0.288 e. The molecule has 0 N–H and O–H groups in total. The zero-order chi connectivity index (χ0) is 9.80. The van der Waals surface area contributed by atoms with Gasteiger partial charge >= 0.3 is 0 Å². The van der Waals surface area contributed by atoms with E-state index in [2.05, 4.69) is 10.2 Å². The molecule has 1 aliphatic heterocycles. The Kier molecular flexibility index (Phi) is 2.32. The second kappa shape index (κ2) is 3.79. The first-order valence-corrected chi connectivity index (χ1v) is 4.26. The van der Waals surface area contributed by atoms with Crippen LogP contribution in [0.5, 0.6) is 0 Å². The molecule has 0 saturated carbocycles. The molecule has 1 amide bonds. The van der Waals surface area contributed by atoms with E-state index in [1.807, 2.05) is 30.3 Å². The summed E-state index contributed by atoms with van der Waals surface area (Å²) in [6, 6.07) is 7.53. The third kappa shape index (κ3) is 1.82. The summed E-state index contributed by atoms with van der Waals surface area (Å²) in [4.78, 5) is 11.0. The van der Waals surface area contributed by atoms with Gasteiger partial charge < -0.3 is 0 Å². The Morgan fingerprint density at radius 2 is 1.71 bits per heavy atom. The monoisotopic (exact) mass is 184 g/mol. The summed E-state index contributed by atoms with van der Waals surface area (Å²) in [7, 11) is 0. The van der Waals surface area contributed by atoms with E-state index in [0.717, 1.165) is 5.56 Å². The number of allylic oxidation sites excluding steroid dienone is 2. The lowest BCUT2D eigenvalue weighted by atomic mass is 10.1. The van der Waals surface area contributed by atoms with E-state index in [-0.39, 0.29) is 5.91 Å². The molecule has 0 spiro atoms. The maximum atomic E-state index is 11.0. The number of amides is 1. The minimum Gasteiger partial charge on any atom is -0.266 e. The first kappa shape index (κ1) is 8.56. The molecule has 0 aliphatic carbocycles. The molecule has 3 nitrogen and oxygen atoms in total. The number of carbonyl (C=O) groups excluding carboxylic acids is 1. The zero-order valence-corrected chi connectivity index (χ0v) is 7.42. The summed E-state index contributed by atoms with van der Waals surface area (Å²) in [6.07, 6.45) is 6.73. The summed E-state index contributed by atoms with van der Waals surface area (Å²) in [5.41, 5.74) is 1.66. The molecule has 0 saturated heterocycles. The number of hydrogen-bond donors (Lipinski definition) is 0.